The summed E-state index contributed by atoms with van der Waals surface area (Å²) in [6.07, 6.45) is 3.44. The van der Waals surface area contributed by atoms with Gasteiger partial charge in [0.05, 0.1) is 0 Å². The topological polar surface area (TPSA) is 33.3 Å². The molecule has 2 aliphatic rings. The molecule has 3 nitrogen and oxygen atoms in total. The van der Waals surface area contributed by atoms with E-state index < -0.39 is 0 Å². The molecule has 1 aromatic carbocycles. The van der Waals surface area contributed by atoms with Crippen LogP contribution < -0.4 is 15.4 Å². The van der Waals surface area contributed by atoms with Crippen molar-refractivity contribution in [1.29, 1.82) is 0 Å². The molecule has 0 aromatic heterocycles. The molecular formula is C14H20N2O. The summed E-state index contributed by atoms with van der Waals surface area (Å²) in [5, 5.41) is 6.78. The molecule has 0 amide bonds. The second-order valence-corrected chi connectivity index (χ2v) is 5.33. The molecule has 2 heterocycles. The van der Waals surface area contributed by atoms with E-state index in [1.807, 2.05) is 0 Å². The van der Waals surface area contributed by atoms with Crippen LogP contribution in [0, 0.1) is 0 Å². The molecule has 3 rings (SSSR count). The van der Waals surface area contributed by atoms with Crippen molar-refractivity contribution in [2.24, 2.45) is 0 Å². The number of benzene rings is 1. The second kappa shape index (κ2) is 4.22. The minimum atomic E-state index is -0.0431. The fraction of sp³-hybridized carbons (Fsp3) is 0.571. The molecule has 17 heavy (non-hydrogen) atoms. The molecule has 0 radical (unpaired) electrons. The van der Waals surface area contributed by atoms with Crippen molar-refractivity contribution in [1.82, 2.24) is 5.32 Å². The Morgan fingerprint density at radius 1 is 1.29 bits per heavy atom. The third kappa shape index (κ3) is 2.25. The lowest BCUT2D eigenvalue weighted by Gasteiger charge is -2.34. The highest BCUT2D eigenvalue weighted by Crippen LogP contribution is 2.30. The van der Waals surface area contributed by atoms with Crippen LogP contribution in [0.25, 0.3) is 0 Å². The smallest absolute Gasteiger partial charge is 0.120 e. The molecule has 2 N–H and O–H groups in total. The van der Waals surface area contributed by atoms with E-state index in [4.69, 9.17) is 4.74 Å². The van der Waals surface area contributed by atoms with Gasteiger partial charge in [-0.25, -0.2) is 0 Å². The average Bonchev–Trinajstić information content (AvgIpc) is 2.76. The maximum absolute atomic E-state index is 6.18. The van der Waals surface area contributed by atoms with Gasteiger partial charge in [0, 0.05) is 18.8 Å². The van der Waals surface area contributed by atoms with Gasteiger partial charge >= 0.3 is 0 Å². The number of rotatable bonds is 2. The first-order valence-corrected chi connectivity index (χ1v) is 6.52. The number of nitrogens with one attached hydrogen (secondary N) is 2. The van der Waals surface area contributed by atoms with Gasteiger partial charge in [0.25, 0.3) is 0 Å². The lowest BCUT2D eigenvalue weighted by atomic mass is 9.96. The van der Waals surface area contributed by atoms with E-state index in [1.54, 1.807) is 0 Å². The first-order valence-electron chi connectivity index (χ1n) is 6.52. The third-order valence-electron chi connectivity index (χ3n) is 3.71. The summed E-state index contributed by atoms with van der Waals surface area (Å²) in [6.45, 7) is 5.32. The molecule has 1 atom stereocenters. The molecule has 1 aromatic rings. The van der Waals surface area contributed by atoms with Crippen molar-refractivity contribution >= 4 is 5.69 Å². The largest absolute Gasteiger partial charge is 0.486 e. The first-order chi connectivity index (χ1) is 8.25. The highest BCUT2D eigenvalue weighted by Gasteiger charge is 2.28. The zero-order valence-electron chi connectivity index (χ0n) is 10.4. The standard InChI is InChI=1S/C14H20N2O/c1-14(6-2-7-15-10-14)17-12-3-4-13-11(9-12)5-8-16-13/h3-4,9,15-16H,2,5-8,10H2,1H3. The fourth-order valence-electron chi connectivity index (χ4n) is 2.74. The van der Waals surface area contributed by atoms with Gasteiger partial charge in [0.2, 0.25) is 0 Å². The molecular weight excluding hydrogens is 212 g/mol. The predicted octanol–water partition coefficient (Wildman–Crippen LogP) is 2.18. The van der Waals surface area contributed by atoms with Gasteiger partial charge in [-0.15, -0.1) is 0 Å². The van der Waals surface area contributed by atoms with Crippen molar-refractivity contribution in [2.45, 2.75) is 31.8 Å². The Hall–Kier alpha value is -1.22. The Labute approximate surface area is 103 Å². The van der Waals surface area contributed by atoms with Crippen LogP contribution in [0.4, 0.5) is 5.69 Å². The predicted molar refractivity (Wildman–Crippen MR) is 69.8 cm³/mol. The molecule has 0 saturated carbocycles. The highest BCUT2D eigenvalue weighted by molar-refractivity contribution is 5.57. The lowest BCUT2D eigenvalue weighted by molar-refractivity contribution is 0.0614. The number of ether oxygens (including phenoxy) is 1. The fourth-order valence-corrected chi connectivity index (χ4v) is 2.74. The van der Waals surface area contributed by atoms with E-state index in [-0.39, 0.29) is 5.60 Å². The Kier molecular flexibility index (Phi) is 2.71. The van der Waals surface area contributed by atoms with E-state index in [9.17, 15) is 0 Å². The summed E-state index contributed by atoms with van der Waals surface area (Å²) in [7, 11) is 0. The van der Waals surface area contributed by atoms with Gasteiger partial charge in [-0.1, -0.05) is 0 Å². The van der Waals surface area contributed by atoms with E-state index >= 15 is 0 Å². The number of hydrogen-bond acceptors (Lipinski definition) is 3. The van der Waals surface area contributed by atoms with Gasteiger partial charge in [-0.05, 0) is 56.5 Å². The summed E-state index contributed by atoms with van der Waals surface area (Å²) < 4.78 is 6.18. The summed E-state index contributed by atoms with van der Waals surface area (Å²) in [6, 6.07) is 6.41. The Morgan fingerprint density at radius 2 is 2.24 bits per heavy atom. The summed E-state index contributed by atoms with van der Waals surface area (Å²) in [5.41, 5.74) is 2.61. The second-order valence-electron chi connectivity index (χ2n) is 5.33. The van der Waals surface area contributed by atoms with Crippen molar-refractivity contribution in [2.75, 3.05) is 25.0 Å². The molecule has 2 aliphatic heterocycles. The minimum absolute atomic E-state index is 0.0431. The van der Waals surface area contributed by atoms with Gasteiger partial charge < -0.3 is 15.4 Å². The van der Waals surface area contributed by atoms with Crippen LogP contribution >= 0.6 is 0 Å². The molecule has 1 saturated heterocycles. The van der Waals surface area contributed by atoms with Crippen LogP contribution in [0.5, 0.6) is 5.75 Å². The molecule has 1 unspecified atom stereocenters. The molecule has 3 heteroatoms. The monoisotopic (exact) mass is 232 g/mol. The Morgan fingerprint density at radius 3 is 3.06 bits per heavy atom. The highest BCUT2D eigenvalue weighted by atomic mass is 16.5. The van der Waals surface area contributed by atoms with Crippen LogP contribution in [0.15, 0.2) is 18.2 Å². The maximum atomic E-state index is 6.18. The van der Waals surface area contributed by atoms with Crippen molar-refractivity contribution in [3.8, 4) is 5.75 Å². The number of fused-ring (bicyclic) bond motifs is 1. The van der Waals surface area contributed by atoms with Crippen LogP contribution in [0.1, 0.15) is 25.3 Å². The number of hydrogen-bond donors (Lipinski definition) is 2. The van der Waals surface area contributed by atoms with E-state index in [0.29, 0.717) is 0 Å². The van der Waals surface area contributed by atoms with Crippen molar-refractivity contribution < 1.29 is 4.74 Å². The van der Waals surface area contributed by atoms with Crippen molar-refractivity contribution in [3.63, 3.8) is 0 Å². The SMILES string of the molecule is CC1(Oc2ccc3c(c2)CCN3)CCCNC1. The van der Waals surface area contributed by atoms with Crippen LogP contribution in [-0.2, 0) is 6.42 Å². The molecule has 92 valence electrons. The zero-order valence-corrected chi connectivity index (χ0v) is 10.4. The third-order valence-corrected chi connectivity index (χ3v) is 3.71. The van der Waals surface area contributed by atoms with Gasteiger partial charge in [0.15, 0.2) is 0 Å². The quantitative estimate of drug-likeness (QED) is 0.820. The summed E-state index contributed by atoms with van der Waals surface area (Å²) in [5.74, 6) is 1.01. The van der Waals surface area contributed by atoms with E-state index in [2.05, 4.69) is 35.8 Å². The van der Waals surface area contributed by atoms with Crippen LogP contribution in [0.3, 0.4) is 0 Å². The molecule has 0 spiro atoms. The zero-order chi connectivity index (χ0) is 11.7. The Balaban J connectivity index is 1.76. The van der Waals surface area contributed by atoms with Gasteiger partial charge in [-0.2, -0.15) is 0 Å². The average molecular weight is 232 g/mol. The summed E-state index contributed by atoms with van der Waals surface area (Å²) in [4.78, 5) is 0. The normalized spacial score (nSPS) is 27.4. The van der Waals surface area contributed by atoms with Gasteiger partial charge in [0.1, 0.15) is 11.4 Å². The van der Waals surface area contributed by atoms with E-state index in [1.165, 1.54) is 17.7 Å². The van der Waals surface area contributed by atoms with E-state index in [0.717, 1.165) is 38.2 Å². The maximum Gasteiger partial charge on any atom is 0.120 e. The number of anilines is 1. The minimum Gasteiger partial charge on any atom is -0.486 e. The molecule has 0 bridgehead atoms. The first kappa shape index (κ1) is 10.9. The Bertz CT molecular complexity index is 411. The molecule has 1 fully saturated rings. The number of piperidine rings is 1. The molecule has 0 aliphatic carbocycles. The lowest BCUT2D eigenvalue weighted by Crippen LogP contribution is -2.47. The summed E-state index contributed by atoms with van der Waals surface area (Å²) >= 11 is 0. The van der Waals surface area contributed by atoms with Crippen LogP contribution in [0.2, 0.25) is 0 Å². The van der Waals surface area contributed by atoms with Gasteiger partial charge in [-0.3, -0.25) is 0 Å². The van der Waals surface area contributed by atoms with Crippen molar-refractivity contribution in [3.05, 3.63) is 23.8 Å². The van der Waals surface area contributed by atoms with Crippen LogP contribution in [-0.4, -0.2) is 25.2 Å².